The minimum Gasteiger partial charge on any atom is -0.348 e. The van der Waals surface area contributed by atoms with E-state index < -0.39 is 0 Å². The number of aromatic amines is 1. The number of nitrogens with one attached hydrogen (secondary N) is 1. The van der Waals surface area contributed by atoms with E-state index in [2.05, 4.69) is 9.97 Å². The van der Waals surface area contributed by atoms with Crippen molar-refractivity contribution >= 4 is 5.78 Å². The van der Waals surface area contributed by atoms with E-state index in [0.29, 0.717) is 18.1 Å². The Kier molecular flexibility index (Phi) is 1.72. The van der Waals surface area contributed by atoms with E-state index in [-0.39, 0.29) is 0 Å². The number of fused-ring (bicyclic) bond motifs is 1. The summed E-state index contributed by atoms with van der Waals surface area (Å²) in [5, 5.41) is 0. The predicted octanol–water partition coefficient (Wildman–Crippen LogP) is 1.57. The lowest BCUT2D eigenvalue weighted by molar-refractivity contribution is -0.122. The second-order valence-corrected chi connectivity index (χ2v) is 4.60. The molecular formula is C11H14N2O. The molecule has 2 saturated carbocycles. The molecule has 2 unspecified atom stereocenters. The highest BCUT2D eigenvalue weighted by Gasteiger charge is 2.47. The molecule has 1 aromatic rings. The van der Waals surface area contributed by atoms with Crippen LogP contribution in [0.4, 0.5) is 0 Å². The van der Waals surface area contributed by atoms with Crippen molar-refractivity contribution in [3.63, 3.8) is 0 Å². The van der Waals surface area contributed by atoms with Crippen LogP contribution in [0.1, 0.15) is 25.1 Å². The van der Waals surface area contributed by atoms with Crippen LogP contribution in [0.2, 0.25) is 0 Å². The van der Waals surface area contributed by atoms with E-state index in [4.69, 9.17) is 0 Å². The van der Waals surface area contributed by atoms with Crippen LogP contribution in [-0.4, -0.2) is 15.8 Å². The Morgan fingerprint density at radius 2 is 2.21 bits per heavy atom. The molecule has 3 heteroatoms. The predicted molar refractivity (Wildman–Crippen MR) is 51.6 cm³/mol. The number of aromatic nitrogens is 2. The summed E-state index contributed by atoms with van der Waals surface area (Å²) in [5.41, 5.74) is 0. The Hall–Kier alpha value is -1.12. The fourth-order valence-electron chi connectivity index (χ4n) is 2.68. The van der Waals surface area contributed by atoms with E-state index >= 15 is 0 Å². The van der Waals surface area contributed by atoms with Gasteiger partial charge in [-0.3, -0.25) is 4.79 Å². The van der Waals surface area contributed by atoms with Crippen molar-refractivity contribution < 1.29 is 4.79 Å². The van der Waals surface area contributed by atoms with Gasteiger partial charge in [0, 0.05) is 18.3 Å². The van der Waals surface area contributed by atoms with Gasteiger partial charge in [0.1, 0.15) is 11.6 Å². The van der Waals surface area contributed by atoms with Gasteiger partial charge in [0.15, 0.2) is 0 Å². The lowest BCUT2D eigenvalue weighted by atomic mass is 9.96. The molecule has 2 aliphatic rings. The third-order valence-electron chi connectivity index (χ3n) is 3.60. The summed E-state index contributed by atoms with van der Waals surface area (Å²) in [6.07, 6.45) is 7.64. The molecule has 2 aliphatic carbocycles. The Balaban J connectivity index is 1.60. The lowest BCUT2D eigenvalue weighted by Gasteiger charge is -2.08. The molecule has 0 spiro atoms. The maximum atomic E-state index is 11.8. The van der Waals surface area contributed by atoms with E-state index in [1.807, 2.05) is 0 Å². The first-order valence-corrected chi connectivity index (χ1v) is 5.34. The summed E-state index contributed by atoms with van der Waals surface area (Å²) in [6, 6.07) is 0. The third kappa shape index (κ3) is 1.37. The maximum absolute atomic E-state index is 11.8. The number of Topliss-reactive ketones (excluding diaryl/α,β-unsaturated/α-hetero) is 1. The van der Waals surface area contributed by atoms with E-state index in [9.17, 15) is 4.79 Å². The van der Waals surface area contributed by atoms with Crippen molar-refractivity contribution in [1.29, 1.82) is 0 Å². The first kappa shape index (κ1) is 8.21. The number of H-pyrrole nitrogens is 1. The van der Waals surface area contributed by atoms with Crippen molar-refractivity contribution in [2.45, 2.75) is 25.7 Å². The fourth-order valence-corrected chi connectivity index (χ4v) is 2.68. The molecule has 2 atom stereocenters. The van der Waals surface area contributed by atoms with Gasteiger partial charge in [0.25, 0.3) is 0 Å². The Morgan fingerprint density at radius 1 is 1.43 bits per heavy atom. The van der Waals surface area contributed by atoms with Crippen molar-refractivity contribution in [2.24, 2.45) is 17.8 Å². The van der Waals surface area contributed by atoms with E-state index in [0.717, 1.165) is 30.5 Å². The van der Waals surface area contributed by atoms with Gasteiger partial charge in [-0.25, -0.2) is 4.98 Å². The molecule has 1 aromatic heterocycles. The van der Waals surface area contributed by atoms with Crippen LogP contribution in [0.15, 0.2) is 12.4 Å². The molecule has 2 fully saturated rings. The number of imidazole rings is 1. The van der Waals surface area contributed by atoms with Gasteiger partial charge in [0.05, 0.1) is 6.42 Å². The smallest absolute Gasteiger partial charge is 0.143 e. The summed E-state index contributed by atoms with van der Waals surface area (Å²) in [7, 11) is 0. The van der Waals surface area contributed by atoms with Crippen molar-refractivity contribution in [3.05, 3.63) is 18.2 Å². The molecule has 1 heterocycles. The monoisotopic (exact) mass is 190 g/mol. The normalized spacial score (nSPS) is 34.1. The van der Waals surface area contributed by atoms with Gasteiger partial charge in [-0.1, -0.05) is 0 Å². The Bertz CT molecular complexity index is 334. The van der Waals surface area contributed by atoms with Crippen LogP contribution in [0.5, 0.6) is 0 Å². The third-order valence-corrected chi connectivity index (χ3v) is 3.60. The molecule has 0 aliphatic heterocycles. The average molecular weight is 190 g/mol. The molecule has 0 aromatic carbocycles. The van der Waals surface area contributed by atoms with E-state index in [1.165, 1.54) is 6.42 Å². The molecular weight excluding hydrogens is 176 g/mol. The summed E-state index contributed by atoms with van der Waals surface area (Å²) in [5.74, 6) is 3.31. The van der Waals surface area contributed by atoms with Crippen molar-refractivity contribution in [1.82, 2.24) is 9.97 Å². The molecule has 74 valence electrons. The van der Waals surface area contributed by atoms with Crippen LogP contribution in [-0.2, 0) is 11.2 Å². The van der Waals surface area contributed by atoms with Gasteiger partial charge in [-0.05, 0) is 31.1 Å². The van der Waals surface area contributed by atoms with Gasteiger partial charge in [-0.2, -0.15) is 0 Å². The maximum Gasteiger partial charge on any atom is 0.143 e. The highest BCUT2D eigenvalue weighted by molar-refractivity contribution is 5.83. The standard InChI is InChI=1S/C11H14N2O/c14-10(6-11-12-1-2-13-11)9-4-7-3-8(7)5-9/h1-2,7-9H,3-6H2,(H,12,13). The SMILES string of the molecule is O=C(Cc1ncc[nH]1)C1CC2CC2C1. The molecule has 14 heavy (non-hydrogen) atoms. The Labute approximate surface area is 82.9 Å². The first-order valence-electron chi connectivity index (χ1n) is 5.34. The summed E-state index contributed by atoms with van der Waals surface area (Å²) < 4.78 is 0. The number of rotatable bonds is 3. The molecule has 0 radical (unpaired) electrons. The molecule has 3 rings (SSSR count). The zero-order valence-corrected chi connectivity index (χ0v) is 8.07. The molecule has 0 amide bonds. The number of hydrogen-bond acceptors (Lipinski definition) is 2. The van der Waals surface area contributed by atoms with E-state index in [1.54, 1.807) is 12.4 Å². The second kappa shape index (κ2) is 2.94. The van der Waals surface area contributed by atoms with Crippen LogP contribution in [0.25, 0.3) is 0 Å². The van der Waals surface area contributed by atoms with Crippen LogP contribution in [0, 0.1) is 17.8 Å². The molecule has 1 N–H and O–H groups in total. The summed E-state index contributed by atoms with van der Waals surface area (Å²) >= 11 is 0. The number of carbonyl (C=O) groups is 1. The van der Waals surface area contributed by atoms with Crippen LogP contribution in [0.3, 0.4) is 0 Å². The van der Waals surface area contributed by atoms with Crippen molar-refractivity contribution in [2.75, 3.05) is 0 Å². The van der Waals surface area contributed by atoms with Gasteiger partial charge in [-0.15, -0.1) is 0 Å². The number of hydrogen-bond donors (Lipinski definition) is 1. The van der Waals surface area contributed by atoms with Crippen LogP contribution < -0.4 is 0 Å². The number of ketones is 1. The van der Waals surface area contributed by atoms with Gasteiger partial charge >= 0.3 is 0 Å². The zero-order valence-electron chi connectivity index (χ0n) is 8.07. The molecule has 0 saturated heterocycles. The second-order valence-electron chi connectivity index (χ2n) is 4.60. The highest BCUT2D eigenvalue weighted by atomic mass is 16.1. The first-order chi connectivity index (χ1) is 6.83. The molecule has 0 bridgehead atoms. The zero-order chi connectivity index (χ0) is 9.54. The van der Waals surface area contributed by atoms with Gasteiger partial charge < -0.3 is 4.98 Å². The number of nitrogens with zero attached hydrogens (tertiary/aromatic N) is 1. The number of carbonyl (C=O) groups excluding carboxylic acids is 1. The average Bonchev–Trinajstić information content (AvgIpc) is 2.68. The largest absolute Gasteiger partial charge is 0.348 e. The minimum atomic E-state index is 0.337. The summed E-state index contributed by atoms with van der Waals surface area (Å²) in [4.78, 5) is 18.9. The summed E-state index contributed by atoms with van der Waals surface area (Å²) in [6.45, 7) is 0. The Morgan fingerprint density at radius 3 is 2.86 bits per heavy atom. The van der Waals surface area contributed by atoms with Crippen molar-refractivity contribution in [3.8, 4) is 0 Å². The quantitative estimate of drug-likeness (QED) is 0.786. The highest BCUT2D eigenvalue weighted by Crippen LogP contribution is 2.54. The lowest BCUT2D eigenvalue weighted by Crippen LogP contribution is -2.15. The fraction of sp³-hybridized carbons (Fsp3) is 0.636. The minimum absolute atomic E-state index is 0.337. The topological polar surface area (TPSA) is 45.8 Å². The molecule has 3 nitrogen and oxygen atoms in total. The van der Waals surface area contributed by atoms with Gasteiger partial charge in [0.2, 0.25) is 0 Å². The van der Waals surface area contributed by atoms with Crippen LogP contribution >= 0.6 is 0 Å².